The van der Waals surface area contributed by atoms with Gasteiger partial charge in [0.2, 0.25) is 0 Å². The third-order valence-corrected chi connectivity index (χ3v) is 4.80. The number of nitrogens with two attached hydrogens (primary N) is 3. The second-order valence-electron chi connectivity index (χ2n) is 7.43. The monoisotopic (exact) mass is 347 g/mol. The maximum Gasteiger partial charge on any atom is 0.119 e. The lowest BCUT2D eigenvalue weighted by molar-refractivity contribution is 0.0839. The maximum absolute atomic E-state index is 6.45. The van der Waals surface area contributed by atoms with Gasteiger partial charge in [-0.15, -0.1) is 0 Å². The number of nitrogen functional groups attached to an aromatic ring is 1. The van der Waals surface area contributed by atoms with E-state index in [1.807, 2.05) is 0 Å². The average Bonchev–Trinajstić information content (AvgIpc) is 2.60. The highest BCUT2D eigenvalue weighted by atomic mass is 16.5. The van der Waals surface area contributed by atoms with Crippen LogP contribution in [0.5, 0.6) is 0 Å². The van der Waals surface area contributed by atoms with Crippen molar-refractivity contribution in [3.05, 3.63) is 23.8 Å². The first-order valence-electron chi connectivity index (χ1n) is 9.18. The molecule has 1 aliphatic heterocycles. The van der Waals surface area contributed by atoms with Crippen molar-refractivity contribution in [2.45, 2.75) is 52.0 Å². The number of benzene rings is 1. The van der Waals surface area contributed by atoms with Gasteiger partial charge in [0.15, 0.2) is 0 Å². The molecule has 6 N–H and O–H groups in total. The van der Waals surface area contributed by atoms with Gasteiger partial charge in [0, 0.05) is 32.2 Å². The van der Waals surface area contributed by atoms with E-state index in [4.69, 9.17) is 22.0 Å². The highest BCUT2D eigenvalue weighted by Gasteiger charge is 2.24. The van der Waals surface area contributed by atoms with Gasteiger partial charge in [-0.2, -0.15) is 5.10 Å². The minimum Gasteiger partial charge on any atom is -0.397 e. The summed E-state index contributed by atoms with van der Waals surface area (Å²) in [5, 5.41) is 3.56. The Morgan fingerprint density at radius 3 is 2.52 bits per heavy atom. The van der Waals surface area contributed by atoms with Crippen molar-refractivity contribution >= 4 is 17.2 Å². The fraction of sp³-hybridized carbons (Fsp3) is 0.632. The molecule has 1 fully saturated rings. The van der Waals surface area contributed by atoms with E-state index in [2.05, 4.69) is 49.0 Å². The summed E-state index contributed by atoms with van der Waals surface area (Å²) in [6, 6.07) is 6.85. The number of hydrogen-bond donors (Lipinski definition) is 3. The highest BCUT2D eigenvalue weighted by Crippen LogP contribution is 2.32. The molecule has 6 heteroatoms. The van der Waals surface area contributed by atoms with Crippen molar-refractivity contribution in [1.82, 2.24) is 0 Å². The molecule has 1 aromatic carbocycles. The molecule has 0 amide bonds. The number of anilines is 2. The van der Waals surface area contributed by atoms with E-state index in [9.17, 15) is 0 Å². The van der Waals surface area contributed by atoms with Gasteiger partial charge >= 0.3 is 0 Å². The zero-order valence-corrected chi connectivity index (χ0v) is 15.7. The van der Waals surface area contributed by atoms with Crippen molar-refractivity contribution in [2.75, 3.05) is 30.4 Å². The second kappa shape index (κ2) is 8.94. The van der Waals surface area contributed by atoms with Crippen LogP contribution in [0.25, 0.3) is 0 Å². The Kier molecular flexibility index (Phi) is 6.93. The summed E-state index contributed by atoms with van der Waals surface area (Å²) < 4.78 is 5.53. The van der Waals surface area contributed by atoms with E-state index < -0.39 is 0 Å². The Morgan fingerprint density at radius 2 is 1.96 bits per heavy atom. The molecule has 0 radical (unpaired) electrons. The van der Waals surface area contributed by atoms with Gasteiger partial charge in [0.1, 0.15) is 5.84 Å². The summed E-state index contributed by atoms with van der Waals surface area (Å²) >= 11 is 0. The van der Waals surface area contributed by atoms with Crippen LogP contribution in [0.1, 0.15) is 51.5 Å². The number of ether oxygens (including phenoxy) is 1. The first-order chi connectivity index (χ1) is 11.9. The molecule has 2 rings (SSSR count). The van der Waals surface area contributed by atoms with Gasteiger partial charge in [-0.05, 0) is 42.4 Å². The van der Waals surface area contributed by atoms with Crippen molar-refractivity contribution in [2.24, 2.45) is 22.6 Å². The van der Waals surface area contributed by atoms with Gasteiger partial charge in [0.05, 0.1) is 11.4 Å². The normalized spacial score (nSPS) is 17.7. The number of rotatable bonds is 7. The van der Waals surface area contributed by atoms with E-state index in [0.29, 0.717) is 24.2 Å². The third kappa shape index (κ3) is 5.26. The van der Waals surface area contributed by atoms with Crippen LogP contribution in [0, 0.1) is 5.92 Å². The number of amidine groups is 1. The molecule has 1 unspecified atom stereocenters. The van der Waals surface area contributed by atoms with Gasteiger partial charge in [-0.3, -0.25) is 0 Å². The number of nitrogens with zero attached hydrogens (tertiary/aromatic N) is 2. The van der Waals surface area contributed by atoms with Crippen LogP contribution in [0.4, 0.5) is 11.4 Å². The zero-order chi connectivity index (χ0) is 18.4. The van der Waals surface area contributed by atoms with Crippen LogP contribution >= 0.6 is 0 Å². The summed E-state index contributed by atoms with van der Waals surface area (Å²) in [6.45, 7) is 9.24. The molecular weight excluding hydrogens is 314 g/mol. The summed E-state index contributed by atoms with van der Waals surface area (Å²) in [5.41, 5.74) is 15.3. The highest BCUT2D eigenvalue weighted by molar-refractivity contribution is 5.81. The Morgan fingerprint density at radius 1 is 1.28 bits per heavy atom. The van der Waals surface area contributed by atoms with Crippen LogP contribution in [-0.4, -0.2) is 31.6 Å². The van der Waals surface area contributed by atoms with Gasteiger partial charge in [0.25, 0.3) is 0 Å². The van der Waals surface area contributed by atoms with Crippen LogP contribution < -0.4 is 22.2 Å². The maximum atomic E-state index is 6.45. The molecule has 1 heterocycles. The molecule has 6 nitrogen and oxygen atoms in total. The Balaban J connectivity index is 2.22. The zero-order valence-electron chi connectivity index (χ0n) is 15.7. The molecule has 0 bridgehead atoms. The van der Waals surface area contributed by atoms with Gasteiger partial charge in [-0.1, -0.05) is 26.8 Å². The summed E-state index contributed by atoms with van der Waals surface area (Å²) in [5.74, 6) is 6.50. The molecule has 1 aliphatic rings. The number of hydrazone groups is 1. The molecule has 0 saturated carbocycles. The topological polar surface area (TPSA) is 103 Å². The largest absolute Gasteiger partial charge is 0.397 e. The molecule has 0 aromatic heterocycles. The summed E-state index contributed by atoms with van der Waals surface area (Å²) in [6.07, 6.45) is 2.73. The molecule has 1 atom stereocenters. The molecule has 0 spiro atoms. The fourth-order valence-electron chi connectivity index (χ4n) is 3.46. The van der Waals surface area contributed by atoms with E-state index in [1.165, 1.54) is 0 Å². The first-order valence-corrected chi connectivity index (χ1v) is 9.18. The van der Waals surface area contributed by atoms with Crippen LogP contribution in [0.2, 0.25) is 0 Å². The predicted octanol–water partition coefficient (Wildman–Crippen LogP) is 2.63. The van der Waals surface area contributed by atoms with Gasteiger partial charge < -0.3 is 26.9 Å². The lowest BCUT2D eigenvalue weighted by atomic mass is 9.95. The molecule has 25 heavy (non-hydrogen) atoms. The average molecular weight is 348 g/mol. The van der Waals surface area contributed by atoms with Crippen molar-refractivity contribution in [3.8, 4) is 0 Å². The number of hydrogen-bond acceptors (Lipinski definition) is 5. The second-order valence-corrected chi connectivity index (χ2v) is 7.43. The van der Waals surface area contributed by atoms with Crippen molar-refractivity contribution < 1.29 is 4.74 Å². The summed E-state index contributed by atoms with van der Waals surface area (Å²) in [4.78, 5) is 2.46. The molecular formula is C19H33N5O. The Hall–Kier alpha value is -1.95. The van der Waals surface area contributed by atoms with E-state index in [-0.39, 0.29) is 5.92 Å². The predicted molar refractivity (Wildman–Crippen MR) is 106 cm³/mol. The lowest BCUT2D eigenvalue weighted by Crippen LogP contribution is -2.42. The minimum atomic E-state index is 0.227. The molecule has 1 aromatic rings. The fourth-order valence-corrected chi connectivity index (χ4v) is 3.46. The lowest BCUT2D eigenvalue weighted by Gasteiger charge is -2.38. The van der Waals surface area contributed by atoms with Gasteiger partial charge in [-0.25, -0.2) is 0 Å². The molecule has 140 valence electrons. The standard InChI is InChI=1S/C19H33N5O/c1-13(2)12-24(16-6-8-25-9-7-16)18-5-4-15(11-17(18)20)14(3)10-19(21)23-22/h4-5,11,13-14,16H,6-10,12,20,22H2,1-3H3,(H2,21,23). The van der Waals surface area contributed by atoms with Crippen LogP contribution in [-0.2, 0) is 4.74 Å². The van der Waals surface area contributed by atoms with Crippen molar-refractivity contribution in [1.29, 1.82) is 0 Å². The van der Waals surface area contributed by atoms with E-state index >= 15 is 0 Å². The van der Waals surface area contributed by atoms with E-state index in [0.717, 1.165) is 49.5 Å². The molecule has 0 aliphatic carbocycles. The Labute approximate surface area is 151 Å². The smallest absolute Gasteiger partial charge is 0.119 e. The van der Waals surface area contributed by atoms with Crippen LogP contribution in [0.15, 0.2) is 23.3 Å². The van der Waals surface area contributed by atoms with E-state index in [1.54, 1.807) is 0 Å². The molecule has 1 saturated heterocycles. The first kappa shape index (κ1) is 19.4. The van der Waals surface area contributed by atoms with Crippen molar-refractivity contribution in [3.63, 3.8) is 0 Å². The summed E-state index contributed by atoms with van der Waals surface area (Å²) in [7, 11) is 0. The van der Waals surface area contributed by atoms with Crippen LogP contribution in [0.3, 0.4) is 0 Å². The minimum absolute atomic E-state index is 0.227. The third-order valence-electron chi connectivity index (χ3n) is 4.80. The quantitative estimate of drug-likeness (QED) is 0.231. The SMILES string of the molecule is CC(C)CN(c1ccc(C(C)C/C(N)=N/N)cc1N)C1CCOCC1. The Bertz CT molecular complexity index is 581.